The molecule has 1 aromatic heterocycles. The third-order valence-electron chi connectivity index (χ3n) is 5.64. The Kier molecular flexibility index (Phi) is 5.43. The molecule has 2 aliphatic rings. The third kappa shape index (κ3) is 4.50. The molecule has 4 rings (SSSR count). The molecule has 6 heteroatoms. The molecular formula is C21H28N4O2. The van der Waals surface area contributed by atoms with Gasteiger partial charge >= 0.3 is 0 Å². The van der Waals surface area contributed by atoms with Gasteiger partial charge in [0.25, 0.3) is 0 Å². The number of nitrogens with one attached hydrogen (secondary N) is 1. The number of piperidine rings is 1. The van der Waals surface area contributed by atoms with E-state index in [4.69, 9.17) is 4.74 Å². The van der Waals surface area contributed by atoms with Gasteiger partial charge in [-0.1, -0.05) is 12.1 Å². The molecule has 1 aromatic carbocycles. The highest BCUT2D eigenvalue weighted by atomic mass is 16.5. The summed E-state index contributed by atoms with van der Waals surface area (Å²) in [5.74, 6) is 2.28. The monoisotopic (exact) mass is 368 g/mol. The van der Waals surface area contributed by atoms with Crippen molar-refractivity contribution in [1.29, 1.82) is 0 Å². The highest BCUT2D eigenvalue weighted by molar-refractivity contribution is 5.78. The average Bonchev–Trinajstić information content (AvgIpc) is 3.46. The molecule has 1 amide bonds. The van der Waals surface area contributed by atoms with Crippen molar-refractivity contribution >= 4 is 5.91 Å². The standard InChI is InChI=1S/C21H28N4O2/c1-27-19-6-2-16(3-7-19)14-23-21(26)17-8-11-24(12-9-17)15-20-22-10-13-25(20)18-4-5-18/h2-3,6-7,10,13,17-18H,4-5,8-9,11-12,14-15H2,1H3,(H,23,26). The lowest BCUT2D eigenvalue weighted by molar-refractivity contribution is -0.126. The highest BCUT2D eigenvalue weighted by Gasteiger charge is 2.28. The van der Waals surface area contributed by atoms with Crippen LogP contribution in [0.3, 0.4) is 0 Å². The molecule has 1 aliphatic carbocycles. The predicted octanol–water partition coefficient (Wildman–Crippen LogP) is 2.75. The molecule has 0 unspecified atom stereocenters. The van der Waals surface area contributed by atoms with Crippen LogP contribution in [-0.2, 0) is 17.9 Å². The maximum atomic E-state index is 12.5. The number of amides is 1. The van der Waals surface area contributed by atoms with E-state index in [-0.39, 0.29) is 11.8 Å². The lowest BCUT2D eigenvalue weighted by atomic mass is 9.96. The van der Waals surface area contributed by atoms with Gasteiger partial charge in [0, 0.05) is 30.9 Å². The van der Waals surface area contributed by atoms with E-state index < -0.39 is 0 Å². The minimum Gasteiger partial charge on any atom is -0.497 e. The number of carbonyl (C=O) groups excluding carboxylic acids is 1. The van der Waals surface area contributed by atoms with Gasteiger partial charge in [-0.2, -0.15) is 0 Å². The number of rotatable bonds is 7. The van der Waals surface area contributed by atoms with Crippen molar-refractivity contribution in [2.45, 2.75) is 44.8 Å². The summed E-state index contributed by atoms with van der Waals surface area (Å²) >= 11 is 0. The van der Waals surface area contributed by atoms with Crippen LogP contribution < -0.4 is 10.1 Å². The van der Waals surface area contributed by atoms with Crippen LogP contribution in [0.25, 0.3) is 0 Å². The van der Waals surface area contributed by atoms with Gasteiger partial charge in [-0.3, -0.25) is 9.69 Å². The molecule has 2 heterocycles. The summed E-state index contributed by atoms with van der Waals surface area (Å²) in [6.45, 7) is 3.38. The van der Waals surface area contributed by atoms with Crippen LogP contribution >= 0.6 is 0 Å². The van der Waals surface area contributed by atoms with Crippen LogP contribution in [0.4, 0.5) is 0 Å². The normalized spacial score (nSPS) is 18.4. The number of hydrogen-bond acceptors (Lipinski definition) is 4. The summed E-state index contributed by atoms with van der Waals surface area (Å²) in [5, 5.41) is 3.08. The van der Waals surface area contributed by atoms with Gasteiger partial charge in [0.05, 0.1) is 13.7 Å². The molecule has 0 atom stereocenters. The number of methoxy groups -OCH3 is 1. The van der Waals surface area contributed by atoms with E-state index in [0.717, 1.165) is 43.8 Å². The fourth-order valence-electron chi connectivity index (χ4n) is 3.78. The number of benzene rings is 1. The smallest absolute Gasteiger partial charge is 0.223 e. The van der Waals surface area contributed by atoms with Crippen molar-refractivity contribution in [2.24, 2.45) is 5.92 Å². The Morgan fingerprint density at radius 1 is 1.19 bits per heavy atom. The van der Waals surface area contributed by atoms with E-state index >= 15 is 0 Å². The fourth-order valence-corrected chi connectivity index (χ4v) is 3.78. The molecule has 1 aliphatic heterocycles. The minimum atomic E-state index is 0.114. The molecular weight excluding hydrogens is 340 g/mol. The molecule has 0 radical (unpaired) electrons. The molecule has 2 fully saturated rings. The summed E-state index contributed by atoms with van der Waals surface area (Å²) in [5.41, 5.74) is 1.09. The Bertz CT molecular complexity index is 759. The van der Waals surface area contributed by atoms with Crippen molar-refractivity contribution in [3.8, 4) is 5.75 Å². The molecule has 0 spiro atoms. The Hall–Kier alpha value is -2.34. The van der Waals surface area contributed by atoms with E-state index in [1.165, 1.54) is 18.7 Å². The maximum absolute atomic E-state index is 12.5. The van der Waals surface area contributed by atoms with Crippen molar-refractivity contribution in [3.05, 3.63) is 48.0 Å². The van der Waals surface area contributed by atoms with Crippen LogP contribution in [0.2, 0.25) is 0 Å². The molecule has 27 heavy (non-hydrogen) atoms. The zero-order valence-electron chi connectivity index (χ0n) is 15.9. The van der Waals surface area contributed by atoms with Gasteiger partial charge in [-0.15, -0.1) is 0 Å². The van der Waals surface area contributed by atoms with Crippen molar-refractivity contribution in [1.82, 2.24) is 19.8 Å². The lowest BCUT2D eigenvalue weighted by Gasteiger charge is -2.31. The zero-order chi connectivity index (χ0) is 18.6. The Morgan fingerprint density at radius 3 is 2.59 bits per heavy atom. The Morgan fingerprint density at radius 2 is 1.93 bits per heavy atom. The lowest BCUT2D eigenvalue weighted by Crippen LogP contribution is -2.40. The number of aromatic nitrogens is 2. The van der Waals surface area contributed by atoms with Crippen LogP contribution in [0.15, 0.2) is 36.7 Å². The summed E-state index contributed by atoms with van der Waals surface area (Å²) in [4.78, 5) is 19.5. The number of imidazole rings is 1. The topological polar surface area (TPSA) is 59.4 Å². The summed E-state index contributed by atoms with van der Waals surface area (Å²) in [6.07, 6.45) is 8.40. The first kappa shape index (κ1) is 18.0. The van der Waals surface area contributed by atoms with Gasteiger partial charge in [-0.25, -0.2) is 4.98 Å². The Balaban J connectivity index is 1.22. The molecule has 2 aromatic rings. The van der Waals surface area contributed by atoms with Gasteiger partial charge in [0.1, 0.15) is 11.6 Å². The second kappa shape index (κ2) is 8.13. The predicted molar refractivity (Wildman–Crippen MR) is 103 cm³/mol. The largest absolute Gasteiger partial charge is 0.497 e. The van der Waals surface area contributed by atoms with Crippen molar-refractivity contribution < 1.29 is 9.53 Å². The first-order valence-electron chi connectivity index (χ1n) is 9.87. The minimum absolute atomic E-state index is 0.114. The van der Waals surface area contributed by atoms with Gasteiger partial charge in [0.15, 0.2) is 0 Å². The van der Waals surface area contributed by atoms with Crippen LogP contribution in [-0.4, -0.2) is 40.6 Å². The van der Waals surface area contributed by atoms with E-state index in [2.05, 4.69) is 26.0 Å². The first-order valence-corrected chi connectivity index (χ1v) is 9.87. The first-order chi connectivity index (χ1) is 13.2. The van der Waals surface area contributed by atoms with E-state index in [0.29, 0.717) is 12.6 Å². The molecule has 1 saturated carbocycles. The third-order valence-corrected chi connectivity index (χ3v) is 5.64. The quantitative estimate of drug-likeness (QED) is 0.816. The summed E-state index contributed by atoms with van der Waals surface area (Å²) < 4.78 is 7.49. The Labute approximate surface area is 160 Å². The van der Waals surface area contributed by atoms with E-state index in [1.807, 2.05) is 30.5 Å². The number of hydrogen-bond donors (Lipinski definition) is 1. The van der Waals surface area contributed by atoms with Gasteiger partial charge in [0.2, 0.25) is 5.91 Å². The van der Waals surface area contributed by atoms with Crippen molar-refractivity contribution in [2.75, 3.05) is 20.2 Å². The molecule has 0 bridgehead atoms. The van der Waals surface area contributed by atoms with E-state index in [1.54, 1.807) is 7.11 Å². The second-order valence-corrected chi connectivity index (χ2v) is 7.60. The fraction of sp³-hybridized carbons (Fsp3) is 0.524. The van der Waals surface area contributed by atoms with E-state index in [9.17, 15) is 4.79 Å². The maximum Gasteiger partial charge on any atom is 0.223 e. The van der Waals surface area contributed by atoms with Crippen LogP contribution in [0.5, 0.6) is 5.75 Å². The highest BCUT2D eigenvalue weighted by Crippen LogP contribution is 2.35. The average molecular weight is 368 g/mol. The van der Waals surface area contributed by atoms with Crippen LogP contribution in [0.1, 0.15) is 43.1 Å². The van der Waals surface area contributed by atoms with Gasteiger partial charge in [-0.05, 0) is 56.5 Å². The van der Waals surface area contributed by atoms with Crippen molar-refractivity contribution in [3.63, 3.8) is 0 Å². The van der Waals surface area contributed by atoms with Gasteiger partial charge < -0.3 is 14.6 Å². The number of nitrogens with zero attached hydrogens (tertiary/aromatic N) is 3. The van der Waals surface area contributed by atoms with Crippen LogP contribution in [0, 0.1) is 5.92 Å². The molecule has 1 saturated heterocycles. The molecule has 144 valence electrons. The number of ether oxygens (including phenoxy) is 1. The number of carbonyl (C=O) groups is 1. The SMILES string of the molecule is COc1ccc(CNC(=O)C2CCN(Cc3nccn3C3CC3)CC2)cc1. The molecule has 1 N–H and O–H groups in total. The summed E-state index contributed by atoms with van der Waals surface area (Å²) in [7, 11) is 1.66. The zero-order valence-corrected chi connectivity index (χ0v) is 15.9. The molecule has 6 nitrogen and oxygen atoms in total. The second-order valence-electron chi connectivity index (χ2n) is 7.60. The summed E-state index contributed by atoms with van der Waals surface area (Å²) in [6, 6.07) is 8.49. The number of likely N-dealkylation sites (tertiary alicyclic amines) is 1.